The number of amides is 17. The Hall–Kier alpha value is -11.0. The topological polar surface area (TPSA) is 509 Å². The Morgan fingerprint density at radius 2 is 1.23 bits per heavy atom. The molecule has 13 atom stereocenters. The second-order valence-corrected chi connectivity index (χ2v) is 29.3. The van der Waals surface area contributed by atoms with E-state index in [0.29, 0.717) is 31.4 Å². The van der Waals surface area contributed by atoms with Crippen molar-refractivity contribution in [2.24, 2.45) is 35.3 Å². The van der Waals surface area contributed by atoms with E-state index in [0.717, 1.165) is 53.3 Å². The zero-order valence-corrected chi connectivity index (χ0v) is 66.5. The molecule has 3 aliphatic heterocycles. The van der Waals surface area contributed by atoms with Gasteiger partial charge in [0.05, 0.1) is 68.4 Å². The van der Waals surface area contributed by atoms with Gasteiger partial charge in [-0.1, -0.05) is 111 Å². The van der Waals surface area contributed by atoms with Gasteiger partial charge in [0.15, 0.2) is 0 Å². The van der Waals surface area contributed by atoms with Crippen LogP contribution < -0.4 is 53.6 Å². The molecule has 0 radical (unpaired) electrons. The number of nitrogens with one attached hydrogen (secondary N) is 9. The van der Waals surface area contributed by atoms with Crippen molar-refractivity contribution >= 4 is 106 Å². The number of benzene rings is 2. The lowest BCUT2D eigenvalue weighted by atomic mass is 9.89. The molecule has 113 heavy (non-hydrogen) atoms. The summed E-state index contributed by atoms with van der Waals surface area (Å²) in [5, 5.41) is 44.8. The van der Waals surface area contributed by atoms with Gasteiger partial charge in [-0.15, -0.1) is 0 Å². The Morgan fingerprint density at radius 1 is 0.655 bits per heavy atom. The molecule has 0 spiro atoms. The lowest BCUT2D eigenvalue weighted by Gasteiger charge is -2.41. The van der Waals surface area contributed by atoms with Crippen LogP contribution in [0.25, 0.3) is 0 Å². The Labute approximate surface area is 656 Å². The predicted molar refractivity (Wildman–Crippen MR) is 405 cm³/mol. The zero-order valence-electron chi connectivity index (χ0n) is 66.5. The molecule has 3 heterocycles. The molecule has 0 saturated carbocycles. The Morgan fingerprint density at radius 3 is 1.76 bits per heavy atom. The molecule has 2 saturated heterocycles. The van der Waals surface area contributed by atoms with Crippen molar-refractivity contribution in [2.75, 3.05) is 72.9 Å². The first-order chi connectivity index (χ1) is 53.3. The number of primary amides is 1. The number of anilines is 1. The van der Waals surface area contributed by atoms with E-state index in [4.69, 9.17) is 19.9 Å². The fourth-order valence-electron chi connectivity index (χ4n) is 13.7. The number of carboxylic acid groups (broad SMARTS) is 1. The number of methoxy groups -OCH3 is 2. The van der Waals surface area contributed by atoms with Gasteiger partial charge in [-0.2, -0.15) is 0 Å². The fraction of sp³-hybridized carbons (Fsp3) is 0.592. The average molecular weight is 1590 g/mol. The highest BCUT2D eigenvalue weighted by Crippen LogP contribution is 2.38. The maximum absolute atomic E-state index is 15.1. The van der Waals surface area contributed by atoms with Crippen LogP contribution in [-0.2, 0) is 91.9 Å². The summed E-state index contributed by atoms with van der Waals surface area (Å²) in [5.41, 5.74) is 2.00. The van der Waals surface area contributed by atoms with E-state index in [1.54, 1.807) is 84.6 Å². The first-order valence-corrected chi connectivity index (χ1v) is 37.6. The summed E-state index contributed by atoms with van der Waals surface area (Å²) in [6.45, 7) is 14.9. The molecule has 2 aromatic carbocycles. The number of aliphatic carboxylic acids is 1. The monoisotopic (exact) mass is 1590 g/mol. The van der Waals surface area contributed by atoms with Crippen molar-refractivity contribution in [1.82, 2.24) is 67.0 Å². The third-order valence-electron chi connectivity index (χ3n) is 20.2. The lowest BCUT2D eigenvalue weighted by Crippen LogP contribution is -2.62. The number of imide groups is 2. The number of aliphatic hydroxyl groups excluding tert-OH is 1. The average Bonchev–Trinajstić information content (AvgIpc) is 1.71. The number of ether oxygens (including phenoxy) is 3. The number of urea groups is 1. The predicted octanol–water partition coefficient (Wildman–Crippen LogP) is 0.142. The van der Waals surface area contributed by atoms with Gasteiger partial charge in [0.25, 0.3) is 11.8 Å². The molecular weight excluding hydrogens is 1470 g/mol. The highest BCUT2D eigenvalue weighted by molar-refractivity contribution is 6.13. The van der Waals surface area contributed by atoms with Crippen LogP contribution in [0.5, 0.6) is 0 Å². The molecule has 3 aliphatic rings. The smallest absolute Gasteiger partial charge is 0.413 e. The summed E-state index contributed by atoms with van der Waals surface area (Å²) in [6, 6.07) is 4.77. The zero-order chi connectivity index (χ0) is 84.5. The molecule has 17 amide bonds. The van der Waals surface area contributed by atoms with Crippen molar-refractivity contribution < 1.29 is 106 Å². The molecular formula is C76H111N15O22. The van der Waals surface area contributed by atoms with Crippen molar-refractivity contribution in [3.8, 4) is 0 Å². The highest BCUT2D eigenvalue weighted by atomic mass is 16.6. The summed E-state index contributed by atoms with van der Waals surface area (Å²) in [6.07, 6.45) is -2.04. The third kappa shape index (κ3) is 25.0. The minimum atomic E-state index is -3.27. The van der Waals surface area contributed by atoms with Crippen molar-refractivity contribution in [3.05, 3.63) is 77.9 Å². The Kier molecular flexibility index (Phi) is 35.4. The Bertz CT molecular complexity index is 3770. The van der Waals surface area contributed by atoms with Crippen LogP contribution in [0.2, 0.25) is 0 Å². The molecule has 0 bridgehead atoms. The highest BCUT2D eigenvalue weighted by Gasteiger charge is 2.58. The van der Waals surface area contributed by atoms with Crippen LogP contribution in [0, 0.1) is 29.6 Å². The third-order valence-corrected chi connectivity index (χ3v) is 20.2. The molecule has 2 fully saturated rings. The van der Waals surface area contributed by atoms with Crippen LogP contribution in [0.3, 0.4) is 0 Å². The molecule has 13 N–H and O–H groups in total. The quantitative estimate of drug-likeness (QED) is 0.0310. The van der Waals surface area contributed by atoms with Crippen LogP contribution in [0.4, 0.5) is 15.3 Å². The summed E-state index contributed by atoms with van der Waals surface area (Å²) >= 11 is 0. The number of likely N-dealkylation sites (N-methyl/N-ethyl adjacent to an activating group) is 2. The summed E-state index contributed by atoms with van der Waals surface area (Å²) in [5.74, 6) is -15.6. The molecule has 37 nitrogen and oxygen atoms in total. The van der Waals surface area contributed by atoms with Gasteiger partial charge in [-0.05, 0) is 74.0 Å². The number of likely N-dealkylation sites (tertiary alicyclic amines) is 2. The summed E-state index contributed by atoms with van der Waals surface area (Å²) in [7, 11) is 5.54. The number of carbonyl (C=O) groups is 17. The van der Waals surface area contributed by atoms with Gasteiger partial charge >= 0.3 is 23.8 Å². The van der Waals surface area contributed by atoms with E-state index in [1.165, 1.54) is 26.2 Å². The lowest BCUT2D eigenvalue weighted by molar-refractivity contribution is -0.193. The number of nitrogens with two attached hydrogens (primary N) is 1. The molecule has 37 heteroatoms. The maximum Gasteiger partial charge on any atom is 0.413 e. The summed E-state index contributed by atoms with van der Waals surface area (Å²) < 4.78 is 17.9. The number of hydrogen-bond donors (Lipinski definition) is 12. The first kappa shape index (κ1) is 92.7. The van der Waals surface area contributed by atoms with Gasteiger partial charge in [-0.3, -0.25) is 76.9 Å². The Balaban J connectivity index is 1.29. The van der Waals surface area contributed by atoms with Crippen LogP contribution >= 0.6 is 0 Å². The number of rotatable bonds is 43. The minimum Gasteiger partial charge on any atom is -0.477 e. The van der Waals surface area contributed by atoms with Crippen molar-refractivity contribution in [2.45, 2.75) is 193 Å². The van der Waals surface area contributed by atoms with Crippen LogP contribution in [0.15, 0.2) is 66.7 Å². The van der Waals surface area contributed by atoms with Gasteiger partial charge in [0, 0.05) is 90.6 Å². The van der Waals surface area contributed by atoms with Gasteiger partial charge in [0.2, 0.25) is 70.9 Å². The standard InChI is InChI=1S/C76H111N15O22/c1-15-44(8)65(52(111-13)37-61(100)89-35-20-24-51(89)67(112-14)45(9)68(102)82-46(10)66(101)47-21-17-16-18-22-47)87(11)72(106)63(42(4)5)86-71(105)64(43(6)7)88(12)75(110)113-76(73(107)108,91-59(98)31-32-60(91)99)48-25-27-49(28-26-48)83-69(103)50(23-19-34-78-74(77)109)84-70(104)62(41(2)3)85-56(95)40-81-55(94)39-80-54(93)38-79-53(92)33-36-90-57(96)29-30-58(90)97/h16-18,21-22,25-30,41-46,50-52,62-67,101H,15,19-20,23-24,31-40H2,1-14H3,(H,79,92)(H,80,93)(H,81,94)(H,82,102)(H,83,103)(H,84,104)(H,85,95)(H,86,105)(H,107,108)(H3,77,78,109)/t44-,45+,46+,50-,51-,52+,62-,63-,64-,65-,66+,67+,76?/m0/s1. The maximum atomic E-state index is 15.1. The number of carboxylic acids is 1. The van der Waals surface area contributed by atoms with Gasteiger partial charge < -0.3 is 87.8 Å². The van der Waals surface area contributed by atoms with E-state index in [9.17, 15) is 86.9 Å². The van der Waals surface area contributed by atoms with E-state index in [1.807, 2.05) is 19.9 Å². The SMILES string of the molecule is CC[C@H](C)[C@@H]([C@@H](CC(=O)N1CCC[C@H]1[C@H](OC)[C@@H](C)C(=O)N[C@H](C)[C@@H](O)c1ccccc1)OC)N(C)C(=O)[C@@H](NC(=O)[C@H](C(C)C)N(C)C(=O)OC(C(=O)O)(c1ccc(NC(=O)[C@H](CCCNC(N)=O)NC(=O)[C@@H](NC(=O)CNC(=O)CNC(=O)CNC(=O)CCN2C(=O)C=CC2=O)C(C)C)cc1)N1C(=O)CCC1=O)C(C)C. The van der Waals surface area contributed by atoms with Gasteiger partial charge in [-0.25, -0.2) is 19.3 Å². The molecule has 2 aromatic rings. The van der Waals surface area contributed by atoms with E-state index < -0.39 is 217 Å². The van der Waals surface area contributed by atoms with Crippen LogP contribution in [-0.4, -0.2) is 258 Å². The number of nitrogens with zero attached hydrogens (tertiary/aromatic N) is 5. The first-order valence-electron chi connectivity index (χ1n) is 37.6. The second kappa shape index (κ2) is 43.2. The molecule has 1 unspecified atom stereocenters. The number of carbonyl (C=O) groups excluding carboxylic acids is 16. The van der Waals surface area contributed by atoms with Gasteiger partial charge in [0.1, 0.15) is 24.2 Å². The molecule has 0 aromatic heterocycles. The van der Waals surface area contributed by atoms with Crippen molar-refractivity contribution in [1.29, 1.82) is 0 Å². The van der Waals surface area contributed by atoms with E-state index in [-0.39, 0.29) is 67.1 Å². The number of aliphatic hydroxyl groups is 1. The normalized spacial score (nSPS) is 17.6. The minimum absolute atomic E-state index is 0.0355. The molecule has 622 valence electrons. The van der Waals surface area contributed by atoms with Crippen LogP contribution in [0.1, 0.15) is 144 Å². The largest absolute Gasteiger partial charge is 0.477 e. The van der Waals surface area contributed by atoms with Crippen molar-refractivity contribution in [3.63, 3.8) is 0 Å². The second-order valence-electron chi connectivity index (χ2n) is 29.3. The molecule has 0 aliphatic carbocycles. The number of hydrogen-bond acceptors (Lipinski definition) is 21. The fourth-order valence-corrected chi connectivity index (χ4v) is 13.7. The molecule has 5 rings (SSSR count). The van der Waals surface area contributed by atoms with E-state index >= 15 is 4.79 Å². The summed E-state index contributed by atoms with van der Waals surface area (Å²) in [4.78, 5) is 233. The van der Waals surface area contributed by atoms with E-state index in [2.05, 4.69) is 47.9 Å².